The topological polar surface area (TPSA) is 12.9 Å². The van der Waals surface area contributed by atoms with Crippen molar-refractivity contribution >= 4 is 15.9 Å². The maximum Gasteiger partial charge on any atom is 0.106 e. The van der Waals surface area contributed by atoms with Gasteiger partial charge >= 0.3 is 0 Å². The van der Waals surface area contributed by atoms with Gasteiger partial charge in [-0.1, -0.05) is 121 Å². The average Bonchev–Trinajstić information content (AvgIpc) is 2.88. The molecule has 0 spiro atoms. The van der Waals surface area contributed by atoms with Gasteiger partial charge in [0, 0.05) is 6.20 Å². The van der Waals surface area contributed by atoms with E-state index in [0.717, 1.165) is 10.2 Å². The van der Waals surface area contributed by atoms with Crippen molar-refractivity contribution in [1.82, 2.24) is 4.98 Å². The van der Waals surface area contributed by atoms with E-state index in [-0.39, 0.29) is 0 Å². The molecule has 1 nitrogen and oxygen atoms in total. The molecule has 1 aromatic heterocycles. The van der Waals surface area contributed by atoms with E-state index in [1.165, 1.54) is 27.8 Å². The second-order valence-corrected chi connectivity index (χ2v) is 8.61. The maximum atomic E-state index is 4.60. The van der Waals surface area contributed by atoms with Crippen molar-refractivity contribution < 1.29 is 0 Å². The lowest BCUT2D eigenvalue weighted by Crippen LogP contribution is -2.31. The van der Waals surface area contributed by atoms with Crippen molar-refractivity contribution in [2.75, 3.05) is 0 Å². The highest BCUT2D eigenvalue weighted by Gasteiger charge is 2.38. The number of rotatable bonds is 5. The summed E-state index contributed by atoms with van der Waals surface area (Å²) in [4.78, 5) is 4.60. The van der Waals surface area contributed by atoms with Crippen molar-refractivity contribution in [3.8, 4) is 11.1 Å². The highest BCUT2D eigenvalue weighted by molar-refractivity contribution is 9.10. The van der Waals surface area contributed by atoms with Crippen molar-refractivity contribution in [2.45, 2.75) is 5.41 Å². The van der Waals surface area contributed by atoms with E-state index >= 15 is 0 Å². The third-order valence-electron chi connectivity index (χ3n) is 6.00. The van der Waals surface area contributed by atoms with Gasteiger partial charge in [-0.3, -0.25) is 0 Å². The third-order valence-corrected chi connectivity index (χ3v) is 6.47. The van der Waals surface area contributed by atoms with Crippen LogP contribution >= 0.6 is 15.9 Å². The fraction of sp³-hybridized carbons (Fsp3) is 0.0333. The molecule has 4 aromatic carbocycles. The number of hydrogen-bond acceptors (Lipinski definition) is 1. The van der Waals surface area contributed by atoms with Crippen LogP contribution in [0.25, 0.3) is 11.1 Å². The van der Waals surface area contributed by atoms with Crippen LogP contribution in [0.5, 0.6) is 0 Å². The lowest BCUT2D eigenvalue weighted by atomic mass is 9.65. The standard InChI is InChI=1S/C30H22BrN/c31-29-21-20-28(22-32-29)30(25-12-6-2-7-13-25,26-14-8-3-9-15-26)27-18-16-24(17-19-27)23-10-4-1-5-11-23/h1-22H. The molecule has 2 heteroatoms. The summed E-state index contributed by atoms with van der Waals surface area (Å²) in [7, 11) is 0. The van der Waals surface area contributed by atoms with Crippen molar-refractivity contribution in [2.24, 2.45) is 0 Å². The Balaban J connectivity index is 1.79. The van der Waals surface area contributed by atoms with E-state index in [9.17, 15) is 0 Å². The zero-order valence-electron chi connectivity index (χ0n) is 17.5. The minimum atomic E-state index is -0.481. The Bertz CT molecular complexity index is 1240. The molecule has 0 fully saturated rings. The summed E-state index contributed by atoms with van der Waals surface area (Å²) in [5, 5.41) is 0. The SMILES string of the molecule is Brc1ccc(C(c2ccccc2)(c2ccccc2)c2ccc(-c3ccccc3)cc2)cn1. The predicted octanol–water partition coefficient (Wildman–Crippen LogP) is 7.89. The number of halogens is 1. The molecule has 5 aromatic rings. The number of hydrogen-bond donors (Lipinski definition) is 0. The zero-order valence-corrected chi connectivity index (χ0v) is 19.1. The zero-order chi connectivity index (χ0) is 21.8. The Morgan fingerprint density at radius 1 is 0.438 bits per heavy atom. The van der Waals surface area contributed by atoms with E-state index in [2.05, 4.69) is 136 Å². The fourth-order valence-corrected chi connectivity index (χ4v) is 4.75. The molecule has 0 amide bonds. The van der Waals surface area contributed by atoms with Gasteiger partial charge in [0.1, 0.15) is 4.60 Å². The summed E-state index contributed by atoms with van der Waals surface area (Å²) in [6, 6.07) is 45.0. The van der Waals surface area contributed by atoms with Crippen molar-refractivity contribution in [3.05, 3.63) is 160 Å². The first-order chi connectivity index (χ1) is 15.8. The van der Waals surface area contributed by atoms with E-state index in [1.54, 1.807) is 0 Å². The Labute approximate surface area is 197 Å². The van der Waals surface area contributed by atoms with Gasteiger partial charge in [0.15, 0.2) is 0 Å². The van der Waals surface area contributed by atoms with Gasteiger partial charge in [0.2, 0.25) is 0 Å². The molecule has 1 heterocycles. The molecule has 0 radical (unpaired) electrons. The van der Waals surface area contributed by atoms with E-state index in [0.29, 0.717) is 0 Å². The molecule has 5 rings (SSSR count). The second kappa shape index (κ2) is 8.94. The van der Waals surface area contributed by atoms with Gasteiger partial charge in [-0.25, -0.2) is 4.98 Å². The third kappa shape index (κ3) is 3.68. The second-order valence-electron chi connectivity index (χ2n) is 7.80. The number of pyridine rings is 1. The van der Waals surface area contributed by atoms with Crippen LogP contribution in [0.2, 0.25) is 0 Å². The largest absolute Gasteiger partial charge is 0.249 e. The molecule has 154 valence electrons. The monoisotopic (exact) mass is 475 g/mol. The average molecular weight is 476 g/mol. The van der Waals surface area contributed by atoms with E-state index < -0.39 is 5.41 Å². The molecule has 0 aliphatic carbocycles. The number of aromatic nitrogens is 1. The molecule has 0 N–H and O–H groups in total. The van der Waals surface area contributed by atoms with Crippen molar-refractivity contribution in [1.29, 1.82) is 0 Å². The van der Waals surface area contributed by atoms with Gasteiger partial charge in [0.25, 0.3) is 0 Å². The summed E-state index contributed by atoms with van der Waals surface area (Å²) in [5.41, 5.74) is 6.70. The molecule has 0 aliphatic heterocycles. The molecule has 0 saturated carbocycles. The smallest absolute Gasteiger partial charge is 0.106 e. The first-order valence-electron chi connectivity index (χ1n) is 10.7. The Morgan fingerprint density at radius 2 is 0.875 bits per heavy atom. The minimum Gasteiger partial charge on any atom is -0.249 e. The van der Waals surface area contributed by atoms with Crippen LogP contribution in [-0.4, -0.2) is 4.98 Å². The van der Waals surface area contributed by atoms with Gasteiger partial charge in [-0.2, -0.15) is 0 Å². The lowest BCUT2D eigenvalue weighted by Gasteiger charge is -2.36. The van der Waals surface area contributed by atoms with Crippen LogP contribution in [0.1, 0.15) is 22.3 Å². The van der Waals surface area contributed by atoms with Gasteiger partial charge < -0.3 is 0 Å². The summed E-state index contributed by atoms with van der Waals surface area (Å²) in [5.74, 6) is 0. The van der Waals surface area contributed by atoms with Crippen LogP contribution in [0.3, 0.4) is 0 Å². The maximum absolute atomic E-state index is 4.60. The quantitative estimate of drug-likeness (QED) is 0.186. The first kappa shape index (κ1) is 20.4. The van der Waals surface area contributed by atoms with E-state index in [1.807, 2.05) is 18.3 Å². The Morgan fingerprint density at radius 3 is 1.38 bits per heavy atom. The van der Waals surface area contributed by atoms with Gasteiger partial charge in [-0.15, -0.1) is 0 Å². The summed E-state index contributed by atoms with van der Waals surface area (Å²) >= 11 is 3.51. The minimum absolute atomic E-state index is 0.481. The number of nitrogens with zero attached hydrogens (tertiary/aromatic N) is 1. The summed E-state index contributed by atoms with van der Waals surface area (Å²) in [6.45, 7) is 0. The van der Waals surface area contributed by atoms with Gasteiger partial charge in [0.05, 0.1) is 5.41 Å². The van der Waals surface area contributed by atoms with Gasteiger partial charge in [-0.05, 0) is 55.4 Å². The molecular formula is C30H22BrN. The Kier molecular flexibility index (Phi) is 5.70. The van der Waals surface area contributed by atoms with E-state index in [4.69, 9.17) is 0 Å². The van der Waals surface area contributed by atoms with Crippen LogP contribution in [-0.2, 0) is 5.41 Å². The fourth-order valence-electron chi connectivity index (χ4n) is 4.52. The highest BCUT2D eigenvalue weighted by Crippen LogP contribution is 2.45. The van der Waals surface area contributed by atoms with Crippen LogP contribution in [0, 0.1) is 0 Å². The number of benzene rings is 4. The van der Waals surface area contributed by atoms with Crippen LogP contribution < -0.4 is 0 Å². The summed E-state index contributed by atoms with van der Waals surface area (Å²) in [6.07, 6.45) is 1.98. The molecular weight excluding hydrogens is 454 g/mol. The first-order valence-corrected chi connectivity index (χ1v) is 11.5. The summed E-state index contributed by atoms with van der Waals surface area (Å²) < 4.78 is 0.829. The molecule has 0 aliphatic rings. The predicted molar refractivity (Wildman–Crippen MR) is 136 cm³/mol. The normalized spacial score (nSPS) is 11.3. The molecule has 0 saturated heterocycles. The van der Waals surface area contributed by atoms with Crippen LogP contribution in [0.15, 0.2) is 138 Å². The van der Waals surface area contributed by atoms with Crippen LogP contribution in [0.4, 0.5) is 0 Å². The lowest BCUT2D eigenvalue weighted by molar-refractivity contribution is 0.739. The molecule has 32 heavy (non-hydrogen) atoms. The molecule has 0 bridgehead atoms. The molecule has 0 unspecified atom stereocenters. The highest BCUT2D eigenvalue weighted by atomic mass is 79.9. The Hall–Kier alpha value is -3.49. The van der Waals surface area contributed by atoms with Crippen molar-refractivity contribution in [3.63, 3.8) is 0 Å². The molecule has 0 atom stereocenters.